The maximum Gasteiger partial charge on any atom is 0.289 e. The molecule has 4 aromatic rings. The number of benzene rings is 3. The second kappa shape index (κ2) is 13.0. The van der Waals surface area contributed by atoms with Crippen LogP contribution in [-0.2, 0) is 26.2 Å². The van der Waals surface area contributed by atoms with Gasteiger partial charge in [-0.2, -0.15) is 0 Å². The van der Waals surface area contributed by atoms with Gasteiger partial charge in [-0.25, -0.2) is 4.39 Å². The van der Waals surface area contributed by atoms with Crippen LogP contribution in [0.5, 0.6) is 0 Å². The van der Waals surface area contributed by atoms with Gasteiger partial charge in [0.25, 0.3) is 5.91 Å². The lowest BCUT2D eigenvalue weighted by molar-refractivity contribution is 0.0695. The fraction of sp³-hybridized carbons (Fsp3) is 0.258. The van der Waals surface area contributed by atoms with Gasteiger partial charge in [0.15, 0.2) is 5.76 Å². The van der Waals surface area contributed by atoms with Crippen molar-refractivity contribution in [2.45, 2.75) is 26.2 Å². The molecule has 0 fully saturated rings. The summed E-state index contributed by atoms with van der Waals surface area (Å²) < 4.78 is 20.5. The predicted molar refractivity (Wildman–Crippen MR) is 144 cm³/mol. The zero-order valence-electron chi connectivity index (χ0n) is 21.5. The molecule has 0 spiro atoms. The number of rotatable bonds is 12. The van der Waals surface area contributed by atoms with E-state index in [2.05, 4.69) is 21.9 Å². The Bertz CT molecular complexity index is 1260. The van der Waals surface area contributed by atoms with Crippen molar-refractivity contribution in [2.24, 2.45) is 0 Å². The average molecular weight is 500 g/mol. The van der Waals surface area contributed by atoms with Crippen molar-refractivity contribution in [2.75, 3.05) is 27.2 Å². The first kappa shape index (κ1) is 26.3. The van der Waals surface area contributed by atoms with Crippen molar-refractivity contribution in [3.05, 3.63) is 131 Å². The maximum atomic E-state index is 14.4. The van der Waals surface area contributed by atoms with Crippen LogP contribution >= 0.6 is 0 Å². The highest BCUT2D eigenvalue weighted by Crippen LogP contribution is 2.19. The first-order chi connectivity index (χ1) is 18.0. The van der Waals surface area contributed by atoms with Crippen LogP contribution in [0.3, 0.4) is 0 Å². The van der Waals surface area contributed by atoms with E-state index in [9.17, 15) is 9.18 Å². The third kappa shape index (κ3) is 7.87. The largest absolute Gasteiger partial charge is 0.455 e. The molecule has 3 aromatic carbocycles. The molecule has 1 amide bonds. The van der Waals surface area contributed by atoms with E-state index >= 15 is 0 Å². The fourth-order valence-corrected chi connectivity index (χ4v) is 4.21. The molecule has 4 rings (SSSR count). The van der Waals surface area contributed by atoms with Gasteiger partial charge in [-0.05, 0) is 43.4 Å². The molecule has 192 valence electrons. The van der Waals surface area contributed by atoms with Crippen LogP contribution < -0.4 is 0 Å². The fourth-order valence-electron chi connectivity index (χ4n) is 4.21. The van der Waals surface area contributed by atoms with Crippen molar-refractivity contribution < 1.29 is 13.6 Å². The second-order valence-electron chi connectivity index (χ2n) is 9.50. The lowest BCUT2D eigenvalue weighted by Crippen LogP contribution is -2.36. The molecule has 1 heterocycles. The van der Waals surface area contributed by atoms with Crippen LogP contribution in [0.1, 0.15) is 33.0 Å². The molecular weight excluding hydrogens is 465 g/mol. The Labute approximate surface area is 218 Å². The molecule has 0 N–H and O–H groups in total. The highest BCUT2D eigenvalue weighted by atomic mass is 19.1. The van der Waals surface area contributed by atoms with E-state index < -0.39 is 0 Å². The molecule has 0 saturated carbocycles. The number of carbonyl (C=O) groups is 1. The zero-order chi connectivity index (χ0) is 26.0. The van der Waals surface area contributed by atoms with Crippen LogP contribution in [0.15, 0.2) is 101 Å². The van der Waals surface area contributed by atoms with Crippen molar-refractivity contribution in [1.29, 1.82) is 0 Å². The third-order valence-corrected chi connectivity index (χ3v) is 6.17. The van der Waals surface area contributed by atoms with Gasteiger partial charge >= 0.3 is 0 Å². The van der Waals surface area contributed by atoms with Crippen molar-refractivity contribution in [3.63, 3.8) is 0 Å². The summed E-state index contributed by atoms with van der Waals surface area (Å²) in [6, 6.07) is 30.5. The van der Waals surface area contributed by atoms with Crippen LogP contribution in [-0.4, -0.2) is 47.8 Å². The molecule has 0 aliphatic rings. The topological polar surface area (TPSA) is 39.9 Å². The van der Waals surface area contributed by atoms with Gasteiger partial charge in [0, 0.05) is 38.3 Å². The molecule has 0 bridgehead atoms. The molecular formula is C31H34FN3O2. The first-order valence-electron chi connectivity index (χ1n) is 12.5. The number of nitrogens with zero attached hydrogens (tertiary/aromatic N) is 3. The van der Waals surface area contributed by atoms with Gasteiger partial charge in [-0.15, -0.1) is 0 Å². The Morgan fingerprint density at radius 3 is 1.97 bits per heavy atom. The number of carbonyl (C=O) groups excluding carboxylic acids is 1. The Morgan fingerprint density at radius 2 is 1.32 bits per heavy atom. The van der Waals surface area contributed by atoms with Crippen LogP contribution in [0.2, 0.25) is 0 Å². The molecule has 0 radical (unpaired) electrons. The number of amides is 1. The SMILES string of the molecule is CN(C)CCN(Cc1ccccc1)C(=O)c1ccc(CN(Cc2ccccc2)Cc2ccccc2F)o1. The molecule has 0 aliphatic carbocycles. The Balaban J connectivity index is 1.50. The summed E-state index contributed by atoms with van der Waals surface area (Å²) >= 11 is 0. The summed E-state index contributed by atoms with van der Waals surface area (Å²) in [5.41, 5.74) is 2.82. The maximum absolute atomic E-state index is 14.4. The zero-order valence-corrected chi connectivity index (χ0v) is 21.5. The molecule has 0 atom stereocenters. The van der Waals surface area contributed by atoms with E-state index in [1.807, 2.05) is 79.7 Å². The summed E-state index contributed by atoms with van der Waals surface area (Å²) in [6.45, 7) is 3.35. The smallest absolute Gasteiger partial charge is 0.289 e. The van der Waals surface area contributed by atoms with E-state index in [-0.39, 0.29) is 11.7 Å². The van der Waals surface area contributed by atoms with Crippen LogP contribution in [0.25, 0.3) is 0 Å². The summed E-state index contributed by atoms with van der Waals surface area (Å²) in [5, 5.41) is 0. The van der Waals surface area contributed by atoms with Gasteiger partial charge in [-0.3, -0.25) is 9.69 Å². The van der Waals surface area contributed by atoms with Gasteiger partial charge in [0.2, 0.25) is 0 Å². The van der Waals surface area contributed by atoms with E-state index in [4.69, 9.17) is 4.42 Å². The molecule has 37 heavy (non-hydrogen) atoms. The van der Waals surface area contributed by atoms with Gasteiger partial charge in [0.05, 0.1) is 6.54 Å². The predicted octanol–water partition coefficient (Wildman–Crippen LogP) is 5.83. The Kier molecular flexibility index (Phi) is 9.24. The van der Waals surface area contributed by atoms with E-state index in [0.29, 0.717) is 49.8 Å². The monoisotopic (exact) mass is 499 g/mol. The van der Waals surface area contributed by atoms with Gasteiger partial charge in [0.1, 0.15) is 11.6 Å². The van der Waals surface area contributed by atoms with Gasteiger partial charge in [-0.1, -0.05) is 78.9 Å². The Hall–Kier alpha value is -3.74. The summed E-state index contributed by atoms with van der Waals surface area (Å²) in [4.78, 5) is 19.4. The van der Waals surface area contributed by atoms with Crippen molar-refractivity contribution in [3.8, 4) is 0 Å². The van der Waals surface area contributed by atoms with E-state index in [1.165, 1.54) is 6.07 Å². The van der Waals surface area contributed by atoms with E-state index in [0.717, 1.165) is 17.7 Å². The Morgan fingerprint density at radius 1 is 0.703 bits per heavy atom. The molecule has 0 unspecified atom stereocenters. The average Bonchev–Trinajstić information content (AvgIpc) is 3.37. The van der Waals surface area contributed by atoms with E-state index in [1.54, 1.807) is 18.2 Å². The lowest BCUT2D eigenvalue weighted by atomic mass is 10.1. The third-order valence-electron chi connectivity index (χ3n) is 6.17. The summed E-state index contributed by atoms with van der Waals surface area (Å²) in [7, 11) is 3.99. The van der Waals surface area contributed by atoms with Gasteiger partial charge < -0.3 is 14.2 Å². The minimum absolute atomic E-state index is 0.138. The minimum atomic E-state index is -0.228. The van der Waals surface area contributed by atoms with Crippen LogP contribution in [0, 0.1) is 5.82 Å². The normalized spacial score (nSPS) is 11.3. The molecule has 0 saturated heterocycles. The quantitative estimate of drug-likeness (QED) is 0.246. The molecule has 5 nitrogen and oxygen atoms in total. The van der Waals surface area contributed by atoms with Crippen molar-refractivity contribution >= 4 is 5.91 Å². The standard InChI is InChI=1S/C31H34FN3O2/c1-33(2)19-20-35(22-26-13-7-4-8-14-26)31(36)30-18-17-28(37-30)24-34(21-25-11-5-3-6-12-25)23-27-15-9-10-16-29(27)32/h3-18H,19-24H2,1-2H3. The highest BCUT2D eigenvalue weighted by Gasteiger charge is 2.21. The minimum Gasteiger partial charge on any atom is -0.455 e. The number of halogens is 1. The number of hydrogen-bond acceptors (Lipinski definition) is 4. The number of likely N-dealkylation sites (N-methyl/N-ethyl adjacent to an activating group) is 1. The molecule has 1 aromatic heterocycles. The van der Waals surface area contributed by atoms with Crippen molar-refractivity contribution in [1.82, 2.24) is 14.7 Å². The summed E-state index contributed by atoms with van der Waals surface area (Å²) in [5.74, 6) is 0.618. The summed E-state index contributed by atoms with van der Waals surface area (Å²) in [6.07, 6.45) is 0. The highest BCUT2D eigenvalue weighted by molar-refractivity contribution is 5.91. The molecule has 0 aliphatic heterocycles. The second-order valence-corrected chi connectivity index (χ2v) is 9.50. The number of furan rings is 1. The van der Waals surface area contributed by atoms with Crippen LogP contribution in [0.4, 0.5) is 4.39 Å². The number of hydrogen-bond donors (Lipinski definition) is 0. The molecule has 6 heteroatoms. The lowest BCUT2D eigenvalue weighted by Gasteiger charge is -2.24. The first-order valence-corrected chi connectivity index (χ1v) is 12.5.